The molecule has 1 aromatic carbocycles. The van der Waals surface area contributed by atoms with Crippen molar-refractivity contribution in [3.05, 3.63) is 35.1 Å². The molecule has 0 amide bonds. The number of hydrogen-bond acceptors (Lipinski definition) is 1. The third-order valence-electron chi connectivity index (χ3n) is 2.12. The second-order valence-corrected chi connectivity index (χ2v) is 3.25. The third-order valence-corrected chi connectivity index (χ3v) is 2.12. The highest BCUT2D eigenvalue weighted by Gasteiger charge is 2.06. The van der Waals surface area contributed by atoms with E-state index in [1.54, 1.807) is 19.9 Å². The lowest BCUT2D eigenvalue weighted by molar-refractivity contribution is 0.611. The van der Waals surface area contributed by atoms with Crippen molar-refractivity contribution in [3.8, 4) is 11.8 Å². The van der Waals surface area contributed by atoms with Crippen LogP contribution in [-0.4, -0.2) is 0 Å². The van der Waals surface area contributed by atoms with Crippen LogP contribution in [0, 0.1) is 24.6 Å². The summed E-state index contributed by atoms with van der Waals surface area (Å²) >= 11 is 0. The molecule has 1 unspecified atom stereocenters. The van der Waals surface area contributed by atoms with Gasteiger partial charge in [0.15, 0.2) is 0 Å². The summed E-state index contributed by atoms with van der Waals surface area (Å²) in [6.07, 6.45) is 0.568. The molecule has 74 valence electrons. The van der Waals surface area contributed by atoms with Crippen molar-refractivity contribution in [2.24, 2.45) is 5.73 Å². The van der Waals surface area contributed by atoms with Crippen LogP contribution in [0.1, 0.15) is 30.5 Å². The SMILES string of the molecule is CC#CCC(N)c1ccc(C)c(F)c1. The van der Waals surface area contributed by atoms with Gasteiger partial charge in [-0.05, 0) is 31.0 Å². The molecule has 0 heterocycles. The van der Waals surface area contributed by atoms with E-state index in [2.05, 4.69) is 11.8 Å². The van der Waals surface area contributed by atoms with E-state index in [0.717, 1.165) is 5.56 Å². The van der Waals surface area contributed by atoms with E-state index < -0.39 is 0 Å². The summed E-state index contributed by atoms with van der Waals surface area (Å²) in [6.45, 7) is 3.50. The van der Waals surface area contributed by atoms with Crippen molar-refractivity contribution >= 4 is 0 Å². The Morgan fingerprint density at radius 3 is 2.79 bits per heavy atom. The van der Waals surface area contributed by atoms with Gasteiger partial charge in [-0.3, -0.25) is 0 Å². The fraction of sp³-hybridized carbons (Fsp3) is 0.333. The predicted molar refractivity (Wildman–Crippen MR) is 56.1 cm³/mol. The molecule has 2 heteroatoms. The molecule has 2 N–H and O–H groups in total. The Hall–Kier alpha value is -1.33. The second kappa shape index (κ2) is 4.78. The van der Waals surface area contributed by atoms with Crippen LogP contribution in [0.4, 0.5) is 4.39 Å². The minimum Gasteiger partial charge on any atom is -0.323 e. The van der Waals surface area contributed by atoms with Gasteiger partial charge in [-0.1, -0.05) is 12.1 Å². The predicted octanol–water partition coefficient (Wildman–Crippen LogP) is 2.55. The summed E-state index contributed by atoms with van der Waals surface area (Å²) in [5, 5.41) is 0. The number of benzene rings is 1. The highest BCUT2D eigenvalue weighted by Crippen LogP contribution is 2.16. The van der Waals surface area contributed by atoms with Gasteiger partial charge in [0.1, 0.15) is 5.82 Å². The quantitative estimate of drug-likeness (QED) is 0.714. The Morgan fingerprint density at radius 1 is 1.50 bits per heavy atom. The molecule has 0 aliphatic rings. The zero-order valence-corrected chi connectivity index (χ0v) is 8.47. The Kier molecular flexibility index (Phi) is 3.67. The summed E-state index contributed by atoms with van der Waals surface area (Å²) in [5.74, 6) is 5.45. The van der Waals surface area contributed by atoms with Crippen LogP contribution < -0.4 is 5.73 Å². The van der Waals surface area contributed by atoms with Crippen LogP contribution in [0.25, 0.3) is 0 Å². The van der Waals surface area contributed by atoms with Gasteiger partial charge in [0, 0.05) is 12.5 Å². The zero-order valence-electron chi connectivity index (χ0n) is 8.47. The normalized spacial score (nSPS) is 11.7. The van der Waals surface area contributed by atoms with Gasteiger partial charge in [0.2, 0.25) is 0 Å². The smallest absolute Gasteiger partial charge is 0.126 e. The molecule has 0 bridgehead atoms. The summed E-state index contributed by atoms with van der Waals surface area (Å²) < 4.78 is 13.2. The molecule has 0 spiro atoms. The first-order valence-corrected chi connectivity index (χ1v) is 4.56. The molecule has 1 atom stereocenters. The maximum Gasteiger partial charge on any atom is 0.126 e. The second-order valence-electron chi connectivity index (χ2n) is 3.25. The fourth-order valence-electron chi connectivity index (χ4n) is 1.17. The first kappa shape index (κ1) is 10.7. The lowest BCUT2D eigenvalue weighted by Gasteiger charge is -2.09. The topological polar surface area (TPSA) is 26.0 Å². The van der Waals surface area contributed by atoms with Crippen LogP contribution in [0.3, 0.4) is 0 Å². The first-order valence-electron chi connectivity index (χ1n) is 4.56. The number of nitrogens with two attached hydrogens (primary N) is 1. The van der Waals surface area contributed by atoms with Gasteiger partial charge in [0.25, 0.3) is 0 Å². The fourth-order valence-corrected chi connectivity index (χ4v) is 1.17. The Balaban J connectivity index is 2.83. The summed E-state index contributed by atoms with van der Waals surface area (Å²) in [6, 6.07) is 4.87. The molecule has 0 aliphatic heterocycles. The molecular weight excluding hydrogens is 177 g/mol. The van der Waals surface area contributed by atoms with Crippen molar-refractivity contribution in [2.45, 2.75) is 26.3 Å². The lowest BCUT2D eigenvalue weighted by atomic mass is 10.0. The van der Waals surface area contributed by atoms with Gasteiger partial charge in [0.05, 0.1) is 0 Å². The van der Waals surface area contributed by atoms with E-state index in [1.165, 1.54) is 6.07 Å². The summed E-state index contributed by atoms with van der Waals surface area (Å²) in [4.78, 5) is 0. The van der Waals surface area contributed by atoms with Crippen molar-refractivity contribution in [1.82, 2.24) is 0 Å². The van der Waals surface area contributed by atoms with Crippen molar-refractivity contribution < 1.29 is 4.39 Å². The van der Waals surface area contributed by atoms with Crippen LogP contribution in [-0.2, 0) is 0 Å². The standard InChI is InChI=1S/C12H14FN/c1-3-4-5-12(14)10-7-6-9(2)11(13)8-10/h6-8,12H,5,14H2,1-2H3. The third kappa shape index (κ3) is 2.58. The monoisotopic (exact) mass is 191 g/mol. The average Bonchev–Trinajstić information content (AvgIpc) is 2.18. The highest BCUT2D eigenvalue weighted by atomic mass is 19.1. The maximum atomic E-state index is 13.2. The Labute approximate surface area is 84.1 Å². The molecular formula is C12H14FN. The number of rotatable bonds is 2. The molecule has 0 saturated carbocycles. The van der Waals surface area contributed by atoms with E-state index in [0.29, 0.717) is 12.0 Å². The molecule has 1 aromatic rings. The molecule has 0 saturated heterocycles. The van der Waals surface area contributed by atoms with Gasteiger partial charge >= 0.3 is 0 Å². The van der Waals surface area contributed by atoms with Crippen molar-refractivity contribution in [2.75, 3.05) is 0 Å². The largest absolute Gasteiger partial charge is 0.323 e. The van der Waals surface area contributed by atoms with E-state index >= 15 is 0 Å². The first-order chi connectivity index (χ1) is 6.65. The minimum atomic E-state index is -0.206. The molecule has 0 aromatic heterocycles. The van der Waals surface area contributed by atoms with E-state index in [9.17, 15) is 4.39 Å². The summed E-state index contributed by atoms with van der Waals surface area (Å²) in [7, 11) is 0. The van der Waals surface area contributed by atoms with E-state index in [1.807, 2.05) is 6.07 Å². The van der Waals surface area contributed by atoms with Crippen LogP contribution in [0.5, 0.6) is 0 Å². The molecule has 14 heavy (non-hydrogen) atoms. The van der Waals surface area contributed by atoms with Gasteiger partial charge < -0.3 is 5.73 Å². The molecule has 1 rings (SSSR count). The number of halogens is 1. The molecule has 0 fully saturated rings. The highest BCUT2D eigenvalue weighted by molar-refractivity contribution is 5.26. The van der Waals surface area contributed by atoms with Crippen molar-refractivity contribution in [3.63, 3.8) is 0 Å². The molecule has 1 nitrogen and oxygen atoms in total. The average molecular weight is 191 g/mol. The lowest BCUT2D eigenvalue weighted by Crippen LogP contribution is -2.09. The minimum absolute atomic E-state index is 0.197. The van der Waals surface area contributed by atoms with Crippen molar-refractivity contribution in [1.29, 1.82) is 0 Å². The van der Waals surface area contributed by atoms with Crippen LogP contribution >= 0.6 is 0 Å². The summed E-state index contributed by atoms with van der Waals surface area (Å²) in [5.41, 5.74) is 7.27. The van der Waals surface area contributed by atoms with E-state index in [4.69, 9.17) is 5.73 Å². The van der Waals surface area contributed by atoms with Gasteiger partial charge in [-0.2, -0.15) is 0 Å². The van der Waals surface area contributed by atoms with Gasteiger partial charge in [-0.15, -0.1) is 11.8 Å². The molecule has 0 aliphatic carbocycles. The Morgan fingerprint density at radius 2 is 2.21 bits per heavy atom. The van der Waals surface area contributed by atoms with E-state index in [-0.39, 0.29) is 11.9 Å². The zero-order chi connectivity index (χ0) is 10.6. The Bertz CT molecular complexity index is 374. The number of hydrogen-bond donors (Lipinski definition) is 1. The van der Waals surface area contributed by atoms with Crippen LogP contribution in [0.15, 0.2) is 18.2 Å². The van der Waals surface area contributed by atoms with Crippen LogP contribution in [0.2, 0.25) is 0 Å². The molecule has 0 radical (unpaired) electrons. The van der Waals surface area contributed by atoms with Gasteiger partial charge in [-0.25, -0.2) is 4.39 Å². The maximum absolute atomic E-state index is 13.2. The number of aryl methyl sites for hydroxylation is 1.